The Morgan fingerprint density at radius 3 is 2.63 bits per heavy atom. The molecule has 0 amide bonds. The molecule has 19 heavy (non-hydrogen) atoms. The summed E-state index contributed by atoms with van der Waals surface area (Å²) < 4.78 is 6.15. The molecule has 0 aliphatic heterocycles. The maximum atomic E-state index is 6.15. The zero-order valence-electron chi connectivity index (χ0n) is 12.5. The van der Waals surface area contributed by atoms with Crippen molar-refractivity contribution in [2.24, 2.45) is 11.7 Å². The molecule has 2 nitrogen and oxygen atoms in total. The molecular weight excluding hydrogens is 234 g/mol. The van der Waals surface area contributed by atoms with Crippen LogP contribution in [0.5, 0.6) is 5.75 Å². The lowest BCUT2D eigenvalue weighted by Gasteiger charge is -2.27. The molecule has 0 bridgehead atoms. The molecule has 1 saturated carbocycles. The molecule has 106 valence electrons. The predicted molar refractivity (Wildman–Crippen MR) is 80.8 cm³/mol. The highest BCUT2D eigenvalue weighted by Gasteiger charge is 2.20. The number of aryl methyl sites for hydroxylation is 2. The summed E-state index contributed by atoms with van der Waals surface area (Å²) in [6.07, 6.45) is 5.05. The summed E-state index contributed by atoms with van der Waals surface area (Å²) in [6, 6.07) is 4.48. The largest absolute Gasteiger partial charge is 0.493 e. The van der Waals surface area contributed by atoms with E-state index >= 15 is 0 Å². The van der Waals surface area contributed by atoms with Crippen molar-refractivity contribution in [1.29, 1.82) is 0 Å². The van der Waals surface area contributed by atoms with Gasteiger partial charge >= 0.3 is 0 Å². The number of hydrogen-bond donors (Lipinski definition) is 1. The Hall–Kier alpha value is -1.02. The SMILES string of the molecule is Cc1cc(C)c(OCC2CCC2)c(C(C)CCN)c1. The zero-order chi connectivity index (χ0) is 13.8. The highest BCUT2D eigenvalue weighted by molar-refractivity contribution is 5.45. The fourth-order valence-electron chi connectivity index (χ4n) is 2.82. The topological polar surface area (TPSA) is 35.2 Å². The third-order valence-corrected chi connectivity index (χ3v) is 4.27. The average molecular weight is 261 g/mol. The van der Waals surface area contributed by atoms with Crippen LogP contribution in [0.15, 0.2) is 12.1 Å². The Labute approximate surface area is 117 Å². The first-order chi connectivity index (χ1) is 9.11. The second-order valence-electron chi connectivity index (χ2n) is 6.09. The molecule has 0 saturated heterocycles. The van der Waals surface area contributed by atoms with Crippen molar-refractivity contribution in [3.05, 3.63) is 28.8 Å². The van der Waals surface area contributed by atoms with Crippen LogP contribution in [0.2, 0.25) is 0 Å². The van der Waals surface area contributed by atoms with E-state index < -0.39 is 0 Å². The molecule has 1 unspecified atom stereocenters. The van der Waals surface area contributed by atoms with Gasteiger partial charge in [0.05, 0.1) is 6.61 Å². The molecule has 0 radical (unpaired) electrons. The van der Waals surface area contributed by atoms with Crippen LogP contribution in [0.4, 0.5) is 0 Å². The van der Waals surface area contributed by atoms with Gasteiger partial charge in [-0.3, -0.25) is 0 Å². The molecule has 1 aliphatic rings. The van der Waals surface area contributed by atoms with E-state index in [2.05, 4.69) is 32.9 Å². The Bertz CT molecular complexity index is 424. The molecule has 2 N–H and O–H groups in total. The van der Waals surface area contributed by atoms with Crippen LogP contribution in [-0.4, -0.2) is 13.2 Å². The number of rotatable bonds is 6. The van der Waals surface area contributed by atoms with Gasteiger partial charge in [-0.2, -0.15) is 0 Å². The minimum atomic E-state index is 0.472. The highest BCUT2D eigenvalue weighted by atomic mass is 16.5. The average Bonchev–Trinajstić information content (AvgIpc) is 2.29. The molecule has 1 aromatic rings. The lowest BCUT2D eigenvalue weighted by atomic mass is 9.86. The molecule has 2 rings (SSSR count). The Morgan fingerprint density at radius 2 is 2.05 bits per heavy atom. The molecule has 0 aromatic heterocycles. The van der Waals surface area contributed by atoms with Crippen LogP contribution in [0.1, 0.15) is 55.2 Å². The molecule has 1 aromatic carbocycles. The highest BCUT2D eigenvalue weighted by Crippen LogP contribution is 2.34. The monoisotopic (exact) mass is 261 g/mol. The second kappa shape index (κ2) is 6.42. The van der Waals surface area contributed by atoms with E-state index in [1.165, 1.54) is 36.0 Å². The Balaban J connectivity index is 2.17. The number of ether oxygens (including phenoxy) is 1. The maximum Gasteiger partial charge on any atom is 0.125 e. The lowest BCUT2D eigenvalue weighted by Crippen LogP contribution is -2.20. The molecule has 1 fully saturated rings. The number of benzene rings is 1. The first-order valence-corrected chi connectivity index (χ1v) is 7.55. The summed E-state index contributed by atoms with van der Waals surface area (Å²) in [7, 11) is 0. The lowest BCUT2D eigenvalue weighted by molar-refractivity contribution is 0.178. The van der Waals surface area contributed by atoms with E-state index in [1.807, 2.05) is 0 Å². The van der Waals surface area contributed by atoms with Gasteiger partial charge in [-0.15, -0.1) is 0 Å². The van der Waals surface area contributed by atoms with E-state index in [0.717, 1.165) is 31.2 Å². The van der Waals surface area contributed by atoms with E-state index in [1.54, 1.807) is 0 Å². The smallest absolute Gasteiger partial charge is 0.125 e. The predicted octanol–water partition coefficient (Wildman–Crippen LogP) is 3.93. The standard InChI is InChI=1S/C17H27NO/c1-12-9-14(3)17(19-11-15-5-4-6-15)16(10-12)13(2)7-8-18/h9-10,13,15H,4-8,11,18H2,1-3H3. The van der Waals surface area contributed by atoms with Crippen LogP contribution in [0.25, 0.3) is 0 Å². The number of hydrogen-bond acceptors (Lipinski definition) is 2. The van der Waals surface area contributed by atoms with E-state index in [9.17, 15) is 0 Å². The van der Waals surface area contributed by atoms with Crippen molar-refractivity contribution in [2.75, 3.05) is 13.2 Å². The quantitative estimate of drug-likeness (QED) is 0.842. The second-order valence-corrected chi connectivity index (χ2v) is 6.09. The van der Waals surface area contributed by atoms with Gasteiger partial charge in [0.1, 0.15) is 5.75 Å². The minimum Gasteiger partial charge on any atom is -0.493 e. The van der Waals surface area contributed by atoms with Crippen LogP contribution >= 0.6 is 0 Å². The van der Waals surface area contributed by atoms with Gasteiger partial charge in [0, 0.05) is 0 Å². The van der Waals surface area contributed by atoms with E-state index in [-0.39, 0.29) is 0 Å². The van der Waals surface area contributed by atoms with Crippen molar-refractivity contribution >= 4 is 0 Å². The van der Waals surface area contributed by atoms with Gasteiger partial charge in [-0.25, -0.2) is 0 Å². The summed E-state index contributed by atoms with van der Waals surface area (Å²) >= 11 is 0. The summed E-state index contributed by atoms with van der Waals surface area (Å²) in [4.78, 5) is 0. The van der Waals surface area contributed by atoms with Crippen molar-refractivity contribution in [3.8, 4) is 5.75 Å². The maximum absolute atomic E-state index is 6.15. The third kappa shape index (κ3) is 3.50. The Kier molecular flexibility index (Phi) is 4.87. The molecule has 0 spiro atoms. The summed E-state index contributed by atoms with van der Waals surface area (Å²) in [5, 5.41) is 0. The fraction of sp³-hybridized carbons (Fsp3) is 0.647. The molecule has 1 atom stereocenters. The molecule has 1 aliphatic carbocycles. The van der Waals surface area contributed by atoms with Gasteiger partial charge in [-0.1, -0.05) is 31.0 Å². The van der Waals surface area contributed by atoms with Crippen molar-refractivity contribution in [1.82, 2.24) is 0 Å². The van der Waals surface area contributed by atoms with Crippen LogP contribution < -0.4 is 10.5 Å². The van der Waals surface area contributed by atoms with Gasteiger partial charge in [-0.05, 0) is 62.6 Å². The van der Waals surface area contributed by atoms with Crippen LogP contribution in [-0.2, 0) is 0 Å². The zero-order valence-corrected chi connectivity index (χ0v) is 12.5. The summed E-state index contributed by atoms with van der Waals surface area (Å²) in [5.41, 5.74) is 9.62. The first-order valence-electron chi connectivity index (χ1n) is 7.55. The molecular formula is C17H27NO. The van der Waals surface area contributed by atoms with Crippen molar-refractivity contribution in [3.63, 3.8) is 0 Å². The fourth-order valence-corrected chi connectivity index (χ4v) is 2.82. The van der Waals surface area contributed by atoms with Gasteiger partial charge in [0.15, 0.2) is 0 Å². The summed E-state index contributed by atoms with van der Waals surface area (Å²) in [5.74, 6) is 2.36. The molecule has 0 heterocycles. The Morgan fingerprint density at radius 1 is 1.32 bits per heavy atom. The van der Waals surface area contributed by atoms with E-state index in [4.69, 9.17) is 10.5 Å². The summed E-state index contributed by atoms with van der Waals surface area (Å²) in [6.45, 7) is 8.17. The van der Waals surface area contributed by atoms with E-state index in [0.29, 0.717) is 5.92 Å². The first kappa shape index (κ1) is 14.4. The van der Waals surface area contributed by atoms with Crippen LogP contribution in [0, 0.1) is 19.8 Å². The van der Waals surface area contributed by atoms with Crippen molar-refractivity contribution in [2.45, 2.75) is 52.4 Å². The van der Waals surface area contributed by atoms with Gasteiger partial charge < -0.3 is 10.5 Å². The normalized spacial score (nSPS) is 17.1. The number of nitrogens with two attached hydrogens (primary N) is 1. The van der Waals surface area contributed by atoms with Gasteiger partial charge in [0.25, 0.3) is 0 Å². The van der Waals surface area contributed by atoms with Crippen molar-refractivity contribution < 1.29 is 4.74 Å². The third-order valence-electron chi connectivity index (χ3n) is 4.27. The van der Waals surface area contributed by atoms with Gasteiger partial charge in [0.2, 0.25) is 0 Å². The minimum absolute atomic E-state index is 0.472. The van der Waals surface area contributed by atoms with Crippen LogP contribution in [0.3, 0.4) is 0 Å². The molecule has 2 heteroatoms.